The molecule has 1 aromatic rings. The molecule has 0 aliphatic heterocycles. The van der Waals surface area contributed by atoms with Crippen LogP contribution in [-0.4, -0.2) is 38.2 Å². The molecular weight excluding hydrogens is 248 g/mol. The van der Waals surface area contributed by atoms with E-state index >= 15 is 0 Å². The van der Waals surface area contributed by atoms with Gasteiger partial charge in [-0.25, -0.2) is 4.99 Å². The standard InChI is InChI=1S/C12H20N4O3/c1-9(8-18-2)16-12(13)15-7-11(17)14-6-10-4-3-5-19-10/h3-5,9H,6-8H2,1-2H3,(H,14,17)(H3,13,15,16). The zero-order valence-electron chi connectivity index (χ0n) is 11.2. The van der Waals surface area contributed by atoms with Crippen LogP contribution in [0.4, 0.5) is 0 Å². The molecule has 1 rings (SSSR count). The number of hydrogen-bond donors (Lipinski definition) is 3. The Kier molecular flexibility index (Phi) is 6.45. The third kappa shape index (κ3) is 6.46. The van der Waals surface area contributed by atoms with Crippen LogP contribution in [0.3, 0.4) is 0 Å². The van der Waals surface area contributed by atoms with E-state index in [4.69, 9.17) is 14.9 Å². The molecule has 1 aromatic heterocycles. The number of carbonyl (C=O) groups is 1. The van der Waals surface area contributed by atoms with Crippen molar-refractivity contribution in [3.8, 4) is 0 Å². The van der Waals surface area contributed by atoms with Crippen molar-refractivity contribution in [1.29, 1.82) is 0 Å². The summed E-state index contributed by atoms with van der Waals surface area (Å²) < 4.78 is 10.0. The number of carbonyl (C=O) groups excluding carboxylic acids is 1. The van der Waals surface area contributed by atoms with Crippen LogP contribution in [-0.2, 0) is 16.1 Å². The van der Waals surface area contributed by atoms with Crippen molar-refractivity contribution >= 4 is 11.9 Å². The largest absolute Gasteiger partial charge is 0.467 e. The summed E-state index contributed by atoms with van der Waals surface area (Å²) in [6, 6.07) is 3.59. The number of nitrogens with zero attached hydrogens (tertiary/aromatic N) is 1. The summed E-state index contributed by atoms with van der Waals surface area (Å²) in [6.07, 6.45) is 1.55. The Hall–Kier alpha value is -2.02. The van der Waals surface area contributed by atoms with Crippen LogP contribution in [0.1, 0.15) is 12.7 Å². The smallest absolute Gasteiger partial charge is 0.242 e. The van der Waals surface area contributed by atoms with Crippen LogP contribution in [0.15, 0.2) is 27.8 Å². The number of nitrogens with one attached hydrogen (secondary N) is 2. The van der Waals surface area contributed by atoms with Crippen molar-refractivity contribution in [1.82, 2.24) is 10.6 Å². The summed E-state index contributed by atoms with van der Waals surface area (Å²) in [5.74, 6) is 0.690. The molecule has 7 heteroatoms. The predicted octanol–water partition coefficient (Wildman–Crippen LogP) is -0.165. The zero-order valence-corrected chi connectivity index (χ0v) is 11.2. The highest BCUT2D eigenvalue weighted by Crippen LogP contribution is 1.98. The number of nitrogens with two attached hydrogens (primary N) is 1. The zero-order chi connectivity index (χ0) is 14.1. The molecule has 106 valence electrons. The van der Waals surface area contributed by atoms with Crippen molar-refractivity contribution < 1.29 is 13.9 Å². The van der Waals surface area contributed by atoms with E-state index in [9.17, 15) is 4.79 Å². The molecule has 1 atom stereocenters. The second-order valence-corrected chi connectivity index (χ2v) is 4.06. The second-order valence-electron chi connectivity index (χ2n) is 4.06. The number of guanidine groups is 1. The van der Waals surface area contributed by atoms with Gasteiger partial charge in [0.05, 0.1) is 19.4 Å². The van der Waals surface area contributed by atoms with E-state index in [1.165, 1.54) is 0 Å². The Morgan fingerprint density at radius 3 is 3.05 bits per heavy atom. The van der Waals surface area contributed by atoms with E-state index in [0.717, 1.165) is 0 Å². The lowest BCUT2D eigenvalue weighted by molar-refractivity contribution is -0.119. The molecule has 0 aliphatic carbocycles. The van der Waals surface area contributed by atoms with E-state index < -0.39 is 0 Å². The van der Waals surface area contributed by atoms with E-state index in [2.05, 4.69) is 15.6 Å². The van der Waals surface area contributed by atoms with Crippen molar-refractivity contribution in [3.05, 3.63) is 24.2 Å². The van der Waals surface area contributed by atoms with Gasteiger partial charge in [0.1, 0.15) is 12.3 Å². The lowest BCUT2D eigenvalue weighted by Crippen LogP contribution is -2.41. The number of aliphatic imine (C=N–C) groups is 1. The van der Waals surface area contributed by atoms with Gasteiger partial charge in [-0.15, -0.1) is 0 Å². The summed E-state index contributed by atoms with van der Waals surface area (Å²) in [6.45, 7) is 2.73. The normalized spacial score (nSPS) is 13.1. The Balaban J connectivity index is 2.24. The molecule has 7 nitrogen and oxygen atoms in total. The molecule has 19 heavy (non-hydrogen) atoms. The molecule has 0 saturated heterocycles. The first-order chi connectivity index (χ1) is 9.11. The van der Waals surface area contributed by atoms with Gasteiger partial charge < -0.3 is 25.5 Å². The highest BCUT2D eigenvalue weighted by Gasteiger charge is 2.04. The molecule has 0 aromatic carbocycles. The van der Waals surface area contributed by atoms with E-state index in [0.29, 0.717) is 18.9 Å². The summed E-state index contributed by atoms with van der Waals surface area (Å²) >= 11 is 0. The Morgan fingerprint density at radius 1 is 1.63 bits per heavy atom. The third-order valence-electron chi connectivity index (χ3n) is 2.24. The van der Waals surface area contributed by atoms with Gasteiger partial charge in [-0.3, -0.25) is 4.79 Å². The quantitative estimate of drug-likeness (QED) is 0.471. The molecule has 4 N–H and O–H groups in total. The van der Waals surface area contributed by atoms with Gasteiger partial charge in [-0.2, -0.15) is 0 Å². The predicted molar refractivity (Wildman–Crippen MR) is 71.5 cm³/mol. The average molecular weight is 268 g/mol. The van der Waals surface area contributed by atoms with E-state index in [1.54, 1.807) is 25.5 Å². The average Bonchev–Trinajstić information content (AvgIpc) is 2.87. The Labute approximate surface area is 112 Å². The van der Waals surface area contributed by atoms with Gasteiger partial charge in [0.15, 0.2) is 5.96 Å². The monoisotopic (exact) mass is 268 g/mol. The Morgan fingerprint density at radius 2 is 2.42 bits per heavy atom. The minimum Gasteiger partial charge on any atom is -0.467 e. The van der Waals surface area contributed by atoms with Crippen LogP contribution < -0.4 is 16.4 Å². The number of rotatable bonds is 7. The summed E-state index contributed by atoms with van der Waals surface area (Å²) in [7, 11) is 1.60. The van der Waals surface area contributed by atoms with Crippen LogP contribution in [0, 0.1) is 0 Å². The van der Waals surface area contributed by atoms with Gasteiger partial charge in [0.25, 0.3) is 0 Å². The van der Waals surface area contributed by atoms with E-state index in [1.807, 2.05) is 6.92 Å². The lowest BCUT2D eigenvalue weighted by atomic mass is 10.4. The molecule has 0 saturated carbocycles. The highest BCUT2D eigenvalue weighted by atomic mass is 16.5. The topological polar surface area (TPSA) is 102 Å². The molecule has 0 spiro atoms. The Bertz CT molecular complexity index is 403. The summed E-state index contributed by atoms with van der Waals surface area (Å²) in [5.41, 5.74) is 5.63. The highest BCUT2D eigenvalue weighted by molar-refractivity contribution is 5.84. The van der Waals surface area contributed by atoms with Crippen LogP contribution in [0.5, 0.6) is 0 Å². The number of ether oxygens (including phenoxy) is 1. The molecule has 1 amide bonds. The van der Waals surface area contributed by atoms with Crippen molar-refractivity contribution in [2.24, 2.45) is 10.7 Å². The molecule has 1 unspecified atom stereocenters. The van der Waals surface area contributed by atoms with Crippen LogP contribution in [0.25, 0.3) is 0 Å². The maximum absolute atomic E-state index is 11.5. The number of methoxy groups -OCH3 is 1. The van der Waals surface area contributed by atoms with Crippen LogP contribution >= 0.6 is 0 Å². The van der Waals surface area contributed by atoms with Crippen molar-refractivity contribution in [2.45, 2.75) is 19.5 Å². The maximum atomic E-state index is 11.5. The number of hydrogen-bond acceptors (Lipinski definition) is 4. The number of amides is 1. The fourth-order valence-corrected chi connectivity index (χ4v) is 1.40. The fourth-order valence-electron chi connectivity index (χ4n) is 1.40. The molecule has 0 bridgehead atoms. The van der Waals surface area contributed by atoms with Crippen molar-refractivity contribution in [2.75, 3.05) is 20.3 Å². The van der Waals surface area contributed by atoms with E-state index in [-0.39, 0.29) is 24.5 Å². The number of furan rings is 1. The van der Waals surface area contributed by atoms with Gasteiger partial charge in [-0.1, -0.05) is 0 Å². The first-order valence-corrected chi connectivity index (χ1v) is 5.96. The summed E-state index contributed by atoms with van der Waals surface area (Å²) in [5, 5.41) is 5.58. The fraction of sp³-hybridized carbons (Fsp3) is 0.500. The SMILES string of the molecule is COCC(C)NC(N)=NCC(=O)NCc1ccco1. The maximum Gasteiger partial charge on any atom is 0.242 e. The molecule has 0 aliphatic rings. The molecule has 1 heterocycles. The first-order valence-electron chi connectivity index (χ1n) is 5.96. The molecule has 0 fully saturated rings. The second kappa shape index (κ2) is 8.15. The van der Waals surface area contributed by atoms with Crippen molar-refractivity contribution in [3.63, 3.8) is 0 Å². The molecular formula is C12H20N4O3. The minimum absolute atomic E-state index is 0.0285. The van der Waals surface area contributed by atoms with Crippen LogP contribution in [0.2, 0.25) is 0 Å². The first kappa shape index (κ1) is 15.0. The van der Waals surface area contributed by atoms with Gasteiger partial charge in [0.2, 0.25) is 5.91 Å². The van der Waals surface area contributed by atoms with Gasteiger partial charge in [0, 0.05) is 13.2 Å². The third-order valence-corrected chi connectivity index (χ3v) is 2.24. The lowest BCUT2D eigenvalue weighted by Gasteiger charge is -2.12. The van der Waals surface area contributed by atoms with Gasteiger partial charge in [-0.05, 0) is 19.1 Å². The van der Waals surface area contributed by atoms with Gasteiger partial charge >= 0.3 is 0 Å². The minimum atomic E-state index is -0.222. The summed E-state index contributed by atoms with van der Waals surface area (Å²) in [4.78, 5) is 15.4. The molecule has 0 radical (unpaired) electrons.